The van der Waals surface area contributed by atoms with Gasteiger partial charge in [0.1, 0.15) is 16.5 Å². The number of aliphatic hydroxyl groups excluding tert-OH is 1. The van der Waals surface area contributed by atoms with Crippen molar-refractivity contribution in [3.8, 4) is 11.4 Å². The van der Waals surface area contributed by atoms with Crippen LogP contribution >= 0.6 is 23.2 Å². The first kappa shape index (κ1) is 22.8. The van der Waals surface area contributed by atoms with Crippen molar-refractivity contribution in [2.45, 2.75) is 17.4 Å². The number of hydrogen-bond donors (Lipinski definition) is 3. The Morgan fingerprint density at radius 1 is 1.18 bits per heavy atom. The molecule has 2 aromatic heterocycles. The van der Waals surface area contributed by atoms with Gasteiger partial charge in [-0.2, -0.15) is 5.10 Å². The van der Waals surface area contributed by atoms with Crippen molar-refractivity contribution >= 4 is 55.8 Å². The fourth-order valence-corrected chi connectivity index (χ4v) is 5.57. The van der Waals surface area contributed by atoms with Crippen molar-refractivity contribution in [3.05, 3.63) is 58.5 Å². The van der Waals surface area contributed by atoms with Crippen LogP contribution in [-0.2, 0) is 10.0 Å². The molecule has 3 heterocycles. The lowest BCUT2D eigenvalue weighted by atomic mass is 10.2. The zero-order chi connectivity index (χ0) is 24.0. The summed E-state index contributed by atoms with van der Waals surface area (Å²) in [6.45, 7) is 1.02. The summed E-state index contributed by atoms with van der Waals surface area (Å²) >= 11 is 11.9. The molecular weight excluding hydrogens is 506 g/mol. The summed E-state index contributed by atoms with van der Waals surface area (Å²) in [5, 5.41) is 17.5. The van der Waals surface area contributed by atoms with E-state index in [0.717, 1.165) is 6.07 Å². The van der Waals surface area contributed by atoms with Gasteiger partial charge in [-0.05, 0) is 42.8 Å². The number of H-pyrrole nitrogens is 1. The van der Waals surface area contributed by atoms with Crippen molar-refractivity contribution in [3.63, 3.8) is 0 Å². The van der Waals surface area contributed by atoms with Gasteiger partial charge in [-0.15, -0.1) is 0 Å². The number of aliphatic hydroxyl groups is 1. The van der Waals surface area contributed by atoms with E-state index in [1.54, 1.807) is 6.20 Å². The lowest BCUT2D eigenvalue weighted by Crippen LogP contribution is -2.22. The maximum absolute atomic E-state index is 15.0. The zero-order valence-corrected chi connectivity index (χ0v) is 19.7. The largest absolute Gasteiger partial charge is 0.391 e. The standard InChI is InChI=1S/C21H17Cl2FN6O3S/c22-12-2-3-15(23)18(8-12)34(32,33)29-17-4-1-11(7-16(17)24)19-26-20-14(9-25-28-20)21(27-19)30-6-5-13(31)10-30/h1-4,7-9,13,29,31H,5-6,10H2,(H,25,26,27,28). The molecule has 1 atom stereocenters. The maximum Gasteiger partial charge on any atom is 0.263 e. The molecule has 1 unspecified atom stereocenters. The first-order valence-corrected chi connectivity index (χ1v) is 12.4. The second kappa shape index (κ2) is 8.66. The predicted octanol–water partition coefficient (Wildman–Crippen LogP) is 3.84. The van der Waals surface area contributed by atoms with Crippen molar-refractivity contribution in [1.29, 1.82) is 0 Å². The number of fused-ring (bicyclic) bond motifs is 1. The molecule has 5 rings (SSSR count). The van der Waals surface area contributed by atoms with Gasteiger partial charge < -0.3 is 10.0 Å². The molecule has 9 nitrogen and oxygen atoms in total. The van der Waals surface area contributed by atoms with E-state index < -0.39 is 21.9 Å². The van der Waals surface area contributed by atoms with Crippen LogP contribution in [0.2, 0.25) is 10.0 Å². The minimum absolute atomic E-state index is 0.0465. The topological polar surface area (TPSA) is 124 Å². The number of nitrogens with one attached hydrogen (secondary N) is 2. The van der Waals surface area contributed by atoms with Gasteiger partial charge in [0.25, 0.3) is 10.0 Å². The molecule has 0 amide bonds. The van der Waals surface area contributed by atoms with E-state index in [-0.39, 0.29) is 26.5 Å². The van der Waals surface area contributed by atoms with Crippen molar-refractivity contribution in [2.75, 3.05) is 22.7 Å². The predicted molar refractivity (Wildman–Crippen MR) is 127 cm³/mol. The summed E-state index contributed by atoms with van der Waals surface area (Å²) < 4.78 is 42.6. The summed E-state index contributed by atoms with van der Waals surface area (Å²) in [5.74, 6) is -0.0314. The Morgan fingerprint density at radius 3 is 2.74 bits per heavy atom. The van der Waals surface area contributed by atoms with Crippen molar-refractivity contribution < 1.29 is 17.9 Å². The van der Waals surface area contributed by atoms with E-state index in [0.29, 0.717) is 41.9 Å². The quantitative estimate of drug-likeness (QED) is 0.363. The lowest BCUT2D eigenvalue weighted by Gasteiger charge is -2.18. The number of benzene rings is 2. The van der Waals surface area contributed by atoms with Gasteiger partial charge in [-0.25, -0.2) is 22.8 Å². The Kier molecular flexibility index (Phi) is 5.80. The zero-order valence-electron chi connectivity index (χ0n) is 17.3. The minimum Gasteiger partial charge on any atom is -0.391 e. The summed E-state index contributed by atoms with van der Waals surface area (Å²) in [5.41, 5.74) is 0.520. The van der Waals surface area contributed by atoms with E-state index >= 15 is 0 Å². The van der Waals surface area contributed by atoms with Crippen LogP contribution in [0.15, 0.2) is 47.5 Å². The molecule has 1 fully saturated rings. The second-order valence-corrected chi connectivity index (χ2v) is 10.3. The van der Waals surface area contributed by atoms with Crippen LogP contribution in [0.3, 0.4) is 0 Å². The van der Waals surface area contributed by atoms with E-state index in [1.807, 2.05) is 4.90 Å². The Hall–Kier alpha value is -2.99. The highest BCUT2D eigenvalue weighted by Gasteiger charge is 2.25. The molecule has 0 bridgehead atoms. The van der Waals surface area contributed by atoms with Gasteiger partial charge in [-0.1, -0.05) is 23.2 Å². The molecule has 13 heteroatoms. The fraction of sp³-hybridized carbons (Fsp3) is 0.190. The van der Waals surface area contributed by atoms with Gasteiger partial charge >= 0.3 is 0 Å². The Labute approximate surface area is 203 Å². The Bertz CT molecular complexity index is 1510. The lowest BCUT2D eigenvalue weighted by molar-refractivity contribution is 0.198. The summed E-state index contributed by atoms with van der Waals surface area (Å²) in [4.78, 5) is 10.6. The van der Waals surface area contributed by atoms with Crippen LogP contribution in [0.25, 0.3) is 22.4 Å². The van der Waals surface area contributed by atoms with Gasteiger partial charge in [0.05, 0.1) is 28.4 Å². The number of anilines is 2. The van der Waals surface area contributed by atoms with Crippen molar-refractivity contribution in [1.82, 2.24) is 20.2 Å². The van der Waals surface area contributed by atoms with Gasteiger partial charge in [0.15, 0.2) is 11.5 Å². The van der Waals surface area contributed by atoms with Crippen LogP contribution in [0, 0.1) is 5.82 Å². The van der Waals surface area contributed by atoms with Gasteiger partial charge in [-0.3, -0.25) is 9.82 Å². The second-order valence-electron chi connectivity index (χ2n) is 7.77. The average Bonchev–Trinajstić information content (AvgIpc) is 3.45. The number of rotatable bonds is 5. The molecule has 0 spiro atoms. The SMILES string of the molecule is O=S(=O)(Nc1ccc(-c2nc(N3CCC(O)C3)c3cn[nH]c3n2)cc1F)c1cc(Cl)ccc1Cl. The summed E-state index contributed by atoms with van der Waals surface area (Å²) in [6.07, 6.45) is 1.75. The highest BCUT2D eigenvalue weighted by molar-refractivity contribution is 7.92. The normalized spacial score (nSPS) is 16.4. The monoisotopic (exact) mass is 522 g/mol. The number of halogens is 3. The Balaban J connectivity index is 1.49. The number of hydrogen-bond acceptors (Lipinski definition) is 7. The molecule has 0 saturated carbocycles. The van der Waals surface area contributed by atoms with Crippen LogP contribution < -0.4 is 9.62 Å². The third-order valence-electron chi connectivity index (χ3n) is 5.41. The third-order valence-corrected chi connectivity index (χ3v) is 7.49. The molecule has 3 N–H and O–H groups in total. The molecule has 0 radical (unpaired) electrons. The Morgan fingerprint density at radius 2 is 2.00 bits per heavy atom. The van der Waals surface area contributed by atoms with Crippen LogP contribution in [0.5, 0.6) is 0 Å². The number of nitrogens with zero attached hydrogens (tertiary/aromatic N) is 4. The molecule has 2 aromatic carbocycles. The molecule has 1 saturated heterocycles. The van der Waals surface area contributed by atoms with E-state index in [2.05, 4.69) is 24.9 Å². The number of aromatic amines is 1. The van der Waals surface area contributed by atoms with E-state index in [4.69, 9.17) is 23.2 Å². The molecule has 0 aliphatic carbocycles. The van der Waals surface area contributed by atoms with Crippen LogP contribution in [-0.4, -0.2) is 52.9 Å². The van der Waals surface area contributed by atoms with E-state index in [9.17, 15) is 17.9 Å². The minimum atomic E-state index is -4.19. The van der Waals surface area contributed by atoms with Crippen molar-refractivity contribution in [2.24, 2.45) is 0 Å². The molecular formula is C21H17Cl2FN6O3S. The van der Waals surface area contributed by atoms with Crippen LogP contribution in [0.1, 0.15) is 6.42 Å². The molecule has 1 aliphatic heterocycles. The molecule has 34 heavy (non-hydrogen) atoms. The summed E-state index contributed by atoms with van der Waals surface area (Å²) in [6, 6.07) is 7.89. The first-order chi connectivity index (χ1) is 16.2. The van der Waals surface area contributed by atoms with Gasteiger partial charge in [0, 0.05) is 23.7 Å². The third kappa shape index (κ3) is 4.27. The number of aromatic nitrogens is 4. The highest BCUT2D eigenvalue weighted by Crippen LogP contribution is 2.31. The van der Waals surface area contributed by atoms with Crippen LogP contribution in [0.4, 0.5) is 15.9 Å². The van der Waals surface area contributed by atoms with E-state index in [1.165, 1.54) is 30.3 Å². The average molecular weight is 523 g/mol. The molecule has 1 aliphatic rings. The smallest absolute Gasteiger partial charge is 0.263 e. The highest BCUT2D eigenvalue weighted by atomic mass is 35.5. The molecule has 176 valence electrons. The first-order valence-electron chi connectivity index (χ1n) is 10.1. The maximum atomic E-state index is 15.0. The number of β-amino-alcohol motifs (C(OH)–C–C–N with tert-alkyl or cyclic N) is 1. The fourth-order valence-electron chi connectivity index (χ4n) is 3.74. The molecule has 4 aromatic rings. The number of sulfonamides is 1. The van der Waals surface area contributed by atoms with Gasteiger partial charge in [0.2, 0.25) is 0 Å². The summed E-state index contributed by atoms with van der Waals surface area (Å²) in [7, 11) is -4.19.